The number of nitrogens with zero attached hydrogens (tertiary/aromatic N) is 1. The Balaban J connectivity index is 1.86. The summed E-state index contributed by atoms with van der Waals surface area (Å²) in [4.78, 5) is 16.2. The second-order valence-electron chi connectivity index (χ2n) is 5.00. The molecule has 0 spiro atoms. The smallest absolute Gasteiger partial charge is 0.363 e. The summed E-state index contributed by atoms with van der Waals surface area (Å²) in [5.41, 5.74) is 3.14. The molecule has 0 radical (unpaired) electrons. The first-order valence-corrected chi connectivity index (χ1v) is 7.04. The number of hydrogen-bond donors (Lipinski definition) is 0. The van der Waals surface area contributed by atoms with Crippen LogP contribution in [0, 0.1) is 0 Å². The largest absolute Gasteiger partial charge is 0.402 e. The molecule has 2 aromatic carbocycles. The van der Waals surface area contributed by atoms with Crippen LogP contribution in [0.4, 0.5) is 0 Å². The van der Waals surface area contributed by atoms with Gasteiger partial charge < -0.3 is 4.74 Å². The predicted molar refractivity (Wildman–Crippen MR) is 87.2 cm³/mol. The Morgan fingerprint density at radius 1 is 1.00 bits per heavy atom. The van der Waals surface area contributed by atoms with Gasteiger partial charge in [0.25, 0.3) is 0 Å². The van der Waals surface area contributed by atoms with Crippen molar-refractivity contribution in [3.63, 3.8) is 0 Å². The van der Waals surface area contributed by atoms with Crippen molar-refractivity contribution in [2.45, 2.75) is 6.92 Å². The van der Waals surface area contributed by atoms with Crippen LogP contribution in [0.3, 0.4) is 0 Å². The quantitative estimate of drug-likeness (QED) is 0.633. The molecular formula is C19H15NO2. The molecule has 0 amide bonds. The Labute approximate surface area is 129 Å². The summed E-state index contributed by atoms with van der Waals surface area (Å²) in [6, 6.07) is 19.3. The minimum atomic E-state index is -0.417. The average molecular weight is 289 g/mol. The zero-order chi connectivity index (χ0) is 15.4. The molecule has 1 aliphatic rings. The van der Waals surface area contributed by atoms with Crippen LogP contribution in [0.15, 0.2) is 83.0 Å². The van der Waals surface area contributed by atoms with Gasteiger partial charge in [0.05, 0.1) is 0 Å². The minimum absolute atomic E-state index is 0.323. The number of esters is 1. The maximum Gasteiger partial charge on any atom is 0.363 e. The molecule has 2 aromatic rings. The molecule has 0 saturated carbocycles. The van der Waals surface area contributed by atoms with Crippen molar-refractivity contribution in [3.05, 3.63) is 89.1 Å². The third kappa shape index (κ3) is 3.20. The van der Waals surface area contributed by atoms with Crippen LogP contribution in [-0.2, 0) is 9.53 Å². The molecule has 1 aliphatic heterocycles. The van der Waals surface area contributed by atoms with Gasteiger partial charge in [0.15, 0.2) is 5.70 Å². The van der Waals surface area contributed by atoms with Crippen LogP contribution in [0.2, 0.25) is 0 Å². The van der Waals surface area contributed by atoms with Crippen molar-refractivity contribution >= 4 is 17.9 Å². The van der Waals surface area contributed by atoms with Gasteiger partial charge in [-0.15, -0.1) is 0 Å². The number of carbonyl (C=O) groups excluding carboxylic acids is 1. The number of ether oxygens (including phenoxy) is 1. The van der Waals surface area contributed by atoms with E-state index in [1.807, 2.05) is 73.7 Å². The lowest BCUT2D eigenvalue weighted by atomic mass is 10.1. The number of carbonyl (C=O) groups is 1. The predicted octanol–water partition coefficient (Wildman–Crippen LogP) is 3.98. The lowest BCUT2D eigenvalue weighted by Gasteiger charge is -1.97. The molecule has 3 rings (SSSR count). The number of rotatable bonds is 3. The number of aliphatic imine (C=N–C) groups is 1. The molecule has 0 bridgehead atoms. The van der Waals surface area contributed by atoms with Gasteiger partial charge in [-0.1, -0.05) is 54.6 Å². The molecule has 22 heavy (non-hydrogen) atoms. The van der Waals surface area contributed by atoms with E-state index in [1.165, 1.54) is 0 Å². The van der Waals surface area contributed by atoms with E-state index in [1.54, 1.807) is 6.08 Å². The van der Waals surface area contributed by atoms with Crippen LogP contribution in [-0.4, -0.2) is 11.9 Å². The van der Waals surface area contributed by atoms with E-state index in [2.05, 4.69) is 4.99 Å². The number of allylic oxidation sites excluding steroid dienone is 2. The van der Waals surface area contributed by atoms with E-state index in [0.717, 1.165) is 16.7 Å². The van der Waals surface area contributed by atoms with E-state index < -0.39 is 5.97 Å². The first-order chi connectivity index (χ1) is 10.7. The van der Waals surface area contributed by atoms with E-state index in [-0.39, 0.29) is 0 Å². The second-order valence-corrected chi connectivity index (χ2v) is 5.00. The summed E-state index contributed by atoms with van der Waals surface area (Å²) in [6.07, 6.45) is 3.74. The summed E-state index contributed by atoms with van der Waals surface area (Å²) in [5, 5.41) is 0. The van der Waals surface area contributed by atoms with Crippen molar-refractivity contribution in [1.82, 2.24) is 0 Å². The Morgan fingerprint density at radius 3 is 2.32 bits per heavy atom. The Hall–Kier alpha value is -2.94. The molecule has 3 heteroatoms. The summed E-state index contributed by atoms with van der Waals surface area (Å²) < 4.78 is 5.23. The molecule has 3 nitrogen and oxygen atoms in total. The second kappa shape index (κ2) is 6.22. The summed E-state index contributed by atoms with van der Waals surface area (Å²) in [6.45, 7) is 1.93. The highest BCUT2D eigenvalue weighted by atomic mass is 16.6. The summed E-state index contributed by atoms with van der Waals surface area (Å²) in [7, 11) is 0. The third-order valence-electron chi connectivity index (χ3n) is 3.20. The fourth-order valence-corrected chi connectivity index (χ4v) is 2.18. The molecule has 0 saturated heterocycles. The normalized spacial score (nSPS) is 16.6. The van der Waals surface area contributed by atoms with Crippen molar-refractivity contribution in [2.75, 3.05) is 0 Å². The molecule has 1 heterocycles. The molecule has 0 atom stereocenters. The Morgan fingerprint density at radius 2 is 1.64 bits per heavy atom. The first kappa shape index (κ1) is 14.0. The van der Waals surface area contributed by atoms with Crippen molar-refractivity contribution in [3.8, 4) is 0 Å². The van der Waals surface area contributed by atoms with Crippen LogP contribution in [0.5, 0.6) is 0 Å². The van der Waals surface area contributed by atoms with Gasteiger partial charge in [-0.05, 0) is 36.3 Å². The van der Waals surface area contributed by atoms with Crippen LogP contribution < -0.4 is 0 Å². The van der Waals surface area contributed by atoms with E-state index in [9.17, 15) is 4.79 Å². The lowest BCUT2D eigenvalue weighted by molar-refractivity contribution is -0.130. The SMILES string of the molecule is CC(=Cc1ccccc1)C=C1N=C(c2ccccc2)OC1=O. The fraction of sp³-hybridized carbons (Fsp3) is 0.0526. The highest BCUT2D eigenvalue weighted by Gasteiger charge is 2.23. The van der Waals surface area contributed by atoms with E-state index >= 15 is 0 Å². The van der Waals surface area contributed by atoms with Gasteiger partial charge >= 0.3 is 5.97 Å². The first-order valence-electron chi connectivity index (χ1n) is 7.04. The molecule has 0 aromatic heterocycles. The number of cyclic esters (lactones) is 1. The fourth-order valence-electron chi connectivity index (χ4n) is 2.18. The topological polar surface area (TPSA) is 38.7 Å². The standard InChI is InChI=1S/C19H15NO2/c1-14(12-15-8-4-2-5-9-15)13-17-19(21)22-18(20-17)16-10-6-3-7-11-16/h2-13H,1H3. The zero-order valence-corrected chi connectivity index (χ0v) is 12.2. The van der Waals surface area contributed by atoms with Gasteiger partial charge in [-0.25, -0.2) is 9.79 Å². The number of benzene rings is 2. The summed E-state index contributed by atoms with van der Waals surface area (Å²) >= 11 is 0. The minimum Gasteiger partial charge on any atom is -0.402 e. The highest BCUT2D eigenvalue weighted by Crippen LogP contribution is 2.18. The Bertz CT molecular complexity index is 772. The van der Waals surface area contributed by atoms with Crippen LogP contribution >= 0.6 is 0 Å². The molecule has 0 N–H and O–H groups in total. The maximum absolute atomic E-state index is 11.9. The van der Waals surface area contributed by atoms with Crippen molar-refractivity contribution < 1.29 is 9.53 Å². The van der Waals surface area contributed by atoms with Gasteiger partial charge in [-0.2, -0.15) is 0 Å². The molecule has 0 fully saturated rings. The van der Waals surface area contributed by atoms with Gasteiger partial charge in [0, 0.05) is 5.56 Å². The summed E-state index contributed by atoms with van der Waals surface area (Å²) in [5.74, 6) is -0.0657. The Kier molecular flexibility index (Phi) is 3.97. The maximum atomic E-state index is 11.9. The highest BCUT2D eigenvalue weighted by molar-refractivity contribution is 6.11. The molecule has 0 aliphatic carbocycles. The van der Waals surface area contributed by atoms with Crippen molar-refractivity contribution in [1.29, 1.82) is 0 Å². The number of hydrogen-bond acceptors (Lipinski definition) is 3. The van der Waals surface area contributed by atoms with Gasteiger partial charge in [0.1, 0.15) is 0 Å². The third-order valence-corrected chi connectivity index (χ3v) is 3.20. The molecule has 108 valence electrons. The van der Waals surface area contributed by atoms with Crippen LogP contribution in [0.1, 0.15) is 18.1 Å². The average Bonchev–Trinajstić information content (AvgIpc) is 2.90. The molecule has 0 unspecified atom stereocenters. The van der Waals surface area contributed by atoms with E-state index in [0.29, 0.717) is 11.6 Å². The van der Waals surface area contributed by atoms with Gasteiger partial charge in [0.2, 0.25) is 5.90 Å². The van der Waals surface area contributed by atoms with Gasteiger partial charge in [-0.3, -0.25) is 0 Å². The van der Waals surface area contributed by atoms with Crippen molar-refractivity contribution in [2.24, 2.45) is 4.99 Å². The molecular weight excluding hydrogens is 274 g/mol. The monoisotopic (exact) mass is 289 g/mol. The van der Waals surface area contributed by atoms with E-state index in [4.69, 9.17) is 4.74 Å². The van der Waals surface area contributed by atoms with Crippen LogP contribution in [0.25, 0.3) is 6.08 Å². The lowest BCUT2D eigenvalue weighted by Crippen LogP contribution is -2.05. The zero-order valence-electron chi connectivity index (χ0n) is 12.2.